The van der Waals surface area contributed by atoms with Crippen LogP contribution in [0.2, 0.25) is 0 Å². The Balaban J connectivity index is 0.902. The van der Waals surface area contributed by atoms with Gasteiger partial charge in [0, 0.05) is 49.7 Å². The maximum Gasteiger partial charge on any atom is 0.307 e. The minimum absolute atomic E-state index is 0.0123. The molecule has 266 valence electrons. The summed E-state index contributed by atoms with van der Waals surface area (Å²) >= 11 is 0. The SMILES string of the molecule is O=C(O)C(CCCCc1ccc2c(n1)NCCC2)C(c1ccc(N2CCOCC2)nc1)C1CC2(CC(CCc3ccc4c(n3)NCCC4)C2)C1. The van der Waals surface area contributed by atoms with E-state index in [0.717, 1.165) is 132 Å². The molecule has 5 aliphatic rings. The molecule has 2 saturated carbocycles. The van der Waals surface area contributed by atoms with Crippen LogP contribution in [0.3, 0.4) is 0 Å². The zero-order chi connectivity index (χ0) is 33.9. The number of aliphatic carboxylic acids is 1. The van der Waals surface area contributed by atoms with E-state index in [4.69, 9.17) is 19.7 Å². The van der Waals surface area contributed by atoms with Crippen LogP contribution in [0.15, 0.2) is 42.6 Å². The highest BCUT2D eigenvalue weighted by atomic mass is 16.5. The maximum atomic E-state index is 13.0. The van der Waals surface area contributed by atoms with E-state index < -0.39 is 11.9 Å². The van der Waals surface area contributed by atoms with Gasteiger partial charge in [0.15, 0.2) is 0 Å². The summed E-state index contributed by atoms with van der Waals surface area (Å²) in [6.07, 6.45) is 17.0. The van der Waals surface area contributed by atoms with Gasteiger partial charge in [-0.05, 0) is 136 Å². The second-order valence-electron chi connectivity index (χ2n) is 15.9. The molecular weight excluding hydrogens is 624 g/mol. The van der Waals surface area contributed by atoms with Crippen molar-refractivity contribution in [1.82, 2.24) is 15.0 Å². The third-order valence-corrected chi connectivity index (χ3v) is 12.5. The number of hydrogen-bond donors (Lipinski definition) is 3. The zero-order valence-electron chi connectivity index (χ0n) is 29.5. The van der Waals surface area contributed by atoms with Crippen molar-refractivity contribution in [3.8, 4) is 0 Å². The number of pyridine rings is 3. The molecule has 6 heterocycles. The number of carboxylic acids is 1. The largest absolute Gasteiger partial charge is 0.481 e. The lowest BCUT2D eigenvalue weighted by atomic mass is 9.44. The molecule has 0 aromatic carbocycles. The van der Waals surface area contributed by atoms with Gasteiger partial charge in [-0.15, -0.1) is 0 Å². The highest BCUT2D eigenvalue weighted by Gasteiger charge is 2.55. The average Bonchev–Trinajstić information content (AvgIpc) is 3.12. The normalized spacial score (nSPS) is 25.2. The summed E-state index contributed by atoms with van der Waals surface area (Å²) in [4.78, 5) is 30.0. The van der Waals surface area contributed by atoms with Gasteiger partial charge in [0.2, 0.25) is 0 Å². The van der Waals surface area contributed by atoms with Crippen LogP contribution in [0.4, 0.5) is 17.5 Å². The van der Waals surface area contributed by atoms with Crippen LogP contribution in [-0.4, -0.2) is 65.4 Å². The van der Waals surface area contributed by atoms with Crippen LogP contribution in [0.25, 0.3) is 0 Å². The summed E-state index contributed by atoms with van der Waals surface area (Å²) in [5.41, 5.74) is 6.47. The van der Waals surface area contributed by atoms with Crippen molar-refractivity contribution < 1.29 is 14.6 Å². The van der Waals surface area contributed by atoms with Gasteiger partial charge in [-0.1, -0.05) is 24.6 Å². The number of nitrogens with one attached hydrogen (secondary N) is 2. The maximum absolute atomic E-state index is 13.0. The molecule has 50 heavy (non-hydrogen) atoms. The quantitative estimate of drug-likeness (QED) is 0.164. The molecule has 9 heteroatoms. The standard InChI is InChI=1S/C41H54N6O3/c48-40(49)35(8-2-1-7-33-14-10-29-5-3-17-42-38(29)45-33)37(31-12-16-36(44-27-31)47-19-21-50-22-20-47)32-25-41(26-32)23-28(24-41)9-13-34-15-11-30-6-4-18-43-39(30)46-34/h10-12,14-16,27-28,32,35,37H,1-9,13,17-26H2,(H,42,45)(H,43,46)(H,48,49). The Kier molecular flexibility index (Phi) is 9.94. The first-order valence-corrected chi connectivity index (χ1v) is 19.5. The summed E-state index contributed by atoms with van der Waals surface area (Å²) in [6, 6.07) is 13.2. The van der Waals surface area contributed by atoms with Crippen LogP contribution in [-0.2, 0) is 35.2 Å². The molecule has 2 aliphatic carbocycles. The third-order valence-electron chi connectivity index (χ3n) is 12.5. The Morgan fingerprint density at radius 3 is 2.20 bits per heavy atom. The lowest BCUT2D eigenvalue weighted by Gasteiger charge is -2.60. The molecule has 9 nitrogen and oxygen atoms in total. The second-order valence-corrected chi connectivity index (χ2v) is 15.9. The van der Waals surface area contributed by atoms with Gasteiger partial charge in [-0.2, -0.15) is 0 Å². The summed E-state index contributed by atoms with van der Waals surface area (Å²) in [6.45, 7) is 5.13. The van der Waals surface area contributed by atoms with E-state index in [1.165, 1.54) is 42.5 Å². The number of anilines is 3. The van der Waals surface area contributed by atoms with Crippen molar-refractivity contribution in [1.29, 1.82) is 0 Å². The molecule has 3 N–H and O–H groups in total. The van der Waals surface area contributed by atoms with Gasteiger partial charge in [0.1, 0.15) is 17.5 Å². The number of carbonyl (C=O) groups is 1. The summed E-state index contributed by atoms with van der Waals surface area (Å²) < 4.78 is 5.55. The summed E-state index contributed by atoms with van der Waals surface area (Å²) in [5.74, 6) is 3.14. The minimum Gasteiger partial charge on any atom is -0.481 e. The number of aryl methyl sites for hydroxylation is 4. The molecule has 0 radical (unpaired) electrons. The van der Waals surface area contributed by atoms with Crippen molar-refractivity contribution in [2.75, 3.05) is 54.9 Å². The van der Waals surface area contributed by atoms with E-state index in [1.54, 1.807) is 0 Å². The van der Waals surface area contributed by atoms with Crippen LogP contribution in [0.1, 0.15) is 98.2 Å². The average molecular weight is 679 g/mol. The van der Waals surface area contributed by atoms with Crippen molar-refractivity contribution in [3.63, 3.8) is 0 Å². The predicted molar refractivity (Wildman–Crippen MR) is 197 cm³/mol. The first-order valence-electron chi connectivity index (χ1n) is 19.5. The lowest BCUT2D eigenvalue weighted by molar-refractivity contribution is -0.146. The smallest absolute Gasteiger partial charge is 0.307 e. The Morgan fingerprint density at radius 2 is 1.56 bits per heavy atom. The monoisotopic (exact) mass is 678 g/mol. The number of hydrogen-bond acceptors (Lipinski definition) is 8. The molecule has 0 amide bonds. The Bertz CT molecular complexity index is 1630. The van der Waals surface area contributed by atoms with Crippen molar-refractivity contribution >= 4 is 23.4 Å². The Hall–Kier alpha value is -3.72. The fourth-order valence-electron chi connectivity index (χ4n) is 9.91. The van der Waals surface area contributed by atoms with Gasteiger partial charge >= 0.3 is 5.97 Å². The molecule has 3 aromatic heterocycles. The van der Waals surface area contributed by atoms with Gasteiger partial charge in [-0.25, -0.2) is 15.0 Å². The number of aromatic nitrogens is 3. The summed E-state index contributed by atoms with van der Waals surface area (Å²) in [7, 11) is 0. The Labute approximate surface area is 297 Å². The topological polar surface area (TPSA) is 112 Å². The molecule has 3 aromatic rings. The number of nitrogens with zero attached hydrogens (tertiary/aromatic N) is 4. The summed E-state index contributed by atoms with van der Waals surface area (Å²) in [5, 5.41) is 17.6. The first-order chi connectivity index (χ1) is 24.5. The fourth-order valence-corrected chi connectivity index (χ4v) is 9.91. The number of rotatable bonds is 13. The highest BCUT2D eigenvalue weighted by molar-refractivity contribution is 5.71. The number of morpholine rings is 1. The van der Waals surface area contributed by atoms with Crippen LogP contribution in [0, 0.1) is 23.2 Å². The van der Waals surface area contributed by atoms with Crippen molar-refractivity contribution in [2.24, 2.45) is 23.2 Å². The molecule has 8 rings (SSSR count). The van der Waals surface area contributed by atoms with Crippen molar-refractivity contribution in [3.05, 3.63) is 70.7 Å². The number of fused-ring (bicyclic) bond motifs is 2. The molecule has 1 spiro atoms. The van der Waals surface area contributed by atoms with E-state index in [9.17, 15) is 9.90 Å². The molecule has 2 unspecified atom stereocenters. The van der Waals surface area contributed by atoms with Crippen molar-refractivity contribution in [2.45, 2.75) is 95.8 Å². The number of unbranched alkanes of at least 4 members (excludes halogenated alkanes) is 1. The van der Waals surface area contributed by atoms with Gasteiger partial charge in [0.25, 0.3) is 0 Å². The highest BCUT2D eigenvalue weighted by Crippen LogP contribution is 2.65. The first kappa shape index (κ1) is 33.4. The predicted octanol–water partition coefficient (Wildman–Crippen LogP) is 7.06. The number of ether oxygens (including phenoxy) is 1. The molecule has 3 fully saturated rings. The van der Waals surface area contributed by atoms with Gasteiger partial charge in [0.05, 0.1) is 19.1 Å². The van der Waals surface area contributed by atoms with Gasteiger partial charge < -0.3 is 25.4 Å². The van der Waals surface area contributed by atoms with Crippen LogP contribution < -0.4 is 15.5 Å². The third kappa shape index (κ3) is 7.34. The lowest BCUT2D eigenvalue weighted by Crippen LogP contribution is -2.50. The molecular formula is C41H54N6O3. The van der Waals surface area contributed by atoms with Gasteiger partial charge in [-0.3, -0.25) is 4.79 Å². The van der Waals surface area contributed by atoms with Crippen LogP contribution in [0.5, 0.6) is 0 Å². The fraction of sp³-hybridized carbons (Fsp3) is 0.610. The molecule has 0 bridgehead atoms. The Morgan fingerprint density at radius 1 is 0.880 bits per heavy atom. The number of carboxylic acid groups (broad SMARTS) is 1. The zero-order valence-corrected chi connectivity index (χ0v) is 29.5. The molecule has 3 aliphatic heterocycles. The minimum atomic E-state index is -0.664. The molecule has 1 saturated heterocycles. The van der Waals surface area contributed by atoms with E-state index in [1.807, 2.05) is 6.20 Å². The van der Waals surface area contributed by atoms with E-state index in [-0.39, 0.29) is 5.92 Å². The van der Waals surface area contributed by atoms with E-state index in [2.05, 4.69) is 51.9 Å². The van der Waals surface area contributed by atoms with E-state index in [0.29, 0.717) is 17.8 Å². The second kappa shape index (κ2) is 14.9. The van der Waals surface area contributed by atoms with Crippen LogP contribution >= 0.6 is 0 Å². The molecule has 2 atom stereocenters. The van der Waals surface area contributed by atoms with E-state index >= 15 is 0 Å².